The van der Waals surface area contributed by atoms with E-state index in [1.165, 1.54) is 13.8 Å². The van der Waals surface area contributed by atoms with Gasteiger partial charge in [-0.3, -0.25) is 14.9 Å². The number of carbonyl (C=O) groups excluding carboxylic acids is 1. The van der Waals surface area contributed by atoms with Crippen LogP contribution in [0.5, 0.6) is 11.5 Å². The lowest BCUT2D eigenvalue weighted by Gasteiger charge is -2.12. The Labute approximate surface area is 154 Å². The van der Waals surface area contributed by atoms with Gasteiger partial charge in [0, 0.05) is 5.92 Å². The number of nitro benzene ring substituents is 1. The van der Waals surface area contributed by atoms with Crippen molar-refractivity contribution in [3.63, 3.8) is 0 Å². The van der Waals surface area contributed by atoms with Crippen LogP contribution in [0.25, 0.3) is 0 Å². The first-order chi connectivity index (χ1) is 12.1. The van der Waals surface area contributed by atoms with Gasteiger partial charge in [0.2, 0.25) is 11.7 Å². The molecule has 0 bridgehead atoms. The number of rotatable bonds is 6. The normalized spacial score (nSPS) is 11.2. The van der Waals surface area contributed by atoms with E-state index in [1.807, 2.05) is 4.72 Å². The predicted octanol–water partition coefficient (Wildman–Crippen LogP) is 3.50. The summed E-state index contributed by atoms with van der Waals surface area (Å²) in [4.78, 5) is 21.7. The number of sulfonamides is 1. The third-order valence-electron chi connectivity index (χ3n) is 3.25. The number of hydrogen-bond donors (Lipinski definition) is 1. The van der Waals surface area contributed by atoms with Crippen molar-refractivity contribution in [2.75, 3.05) is 0 Å². The molecule has 0 unspecified atom stereocenters. The van der Waals surface area contributed by atoms with Gasteiger partial charge in [-0.25, -0.2) is 13.1 Å². The Morgan fingerprint density at radius 1 is 1.19 bits per heavy atom. The van der Waals surface area contributed by atoms with Crippen molar-refractivity contribution >= 4 is 33.2 Å². The number of hydrogen-bond acceptors (Lipinski definition) is 6. The first kappa shape index (κ1) is 19.7. The summed E-state index contributed by atoms with van der Waals surface area (Å²) < 4.78 is 31.9. The SMILES string of the molecule is CC(C)C(=O)NS(=O)(=O)c1ccc(Oc2ccccc2)c([N+](=O)[O-])c1Cl. The van der Waals surface area contributed by atoms with Crippen LogP contribution in [0.3, 0.4) is 0 Å². The van der Waals surface area contributed by atoms with Crippen molar-refractivity contribution in [1.29, 1.82) is 0 Å². The molecule has 0 aliphatic heterocycles. The standard InChI is InChI=1S/C16H15ClN2O6S/c1-10(2)16(20)18-26(23,24)13-9-8-12(15(14(13)17)19(21)22)25-11-6-4-3-5-7-11/h3-10H,1-2H3,(H,18,20). The second kappa shape index (κ2) is 7.71. The molecule has 26 heavy (non-hydrogen) atoms. The van der Waals surface area contributed by atoms with Crippen molar-refractivity contribution < 1.29 is 22.9 Å². The lowest BCUT2D eigenvalue weighted by molar-refractivity contribution is -0.385. The zero-order chi connectivity index (χ0) is 19.5. The summed E-state index contributed by atoms with van der Waals surface area (Å²) in [6.07, 6.45) is 0. The number of ether oxygens (including phenoxy) is 1. The lowest BCUT2D eigenvalue weighted by atomic mass is 10.2. The van der Waals surface area contributed by atoms with Gasteiger partial charge in [0.05, 0.1) is 4.92 Å². The van der Waals surface area contributed by atoms with E-state index in [0.29, 0.717) is 5.75 Å². The highest BCUT2D eigenvalue weighted by molar-refractivity contribution is 7.90. The molecule has 0 aliphatic rings. The van der Waals surface area contributed by atoms with E-state index in [9.17, 15) is 23.3 Å². The maximum atomic E-state index is 12.3. The Morgan fingerprint density at radius 2 is 1.81 bits per heavy atom. The summed E-state index contributed by atoms with van der Waals surface area (Å²) in [7, 11) is -4.37. The number of nitrogens with zero attached hydrogens (tertiary/aromatic N) is 1. The molecule has 0 saturated heterocycles. The van der Waals surface area contributed by atoms with E-state index < -0.39 is 42.4 Å². The number of carbonyl (C=O) groups is 1. The number of para-hydroxylation sites is 1. The molecule has 2 rings (SSSR count). The lowest BCUT2D eigenvalue weighted by Crippen LogP contribution is -2.33. The maximum absolute atomic E-state index is 12.3. The van der Waals surface area contributed by atoms with E-state index in [2.05, 4.69) is 0 Å². The molecule has 0 heterocycles. The fourth-order valence-corrected chi connectivity index (χ4v) is 3.63. The zero-order valence-corrected chi connectivity index (χ0v) is 15.4. The number of nitro groups is 1. The molecule has 1 N–H and O–H groups in total. The average molecular weight is 399 g/mol. The van der Waals surface area contributed by atoms with Crippen LogP contribution in [0.2, 0.25) is 5.02 Å². The van der Waals surface area contributed by atoms with Gasteiger partial charge in [-0.05, 0) is 24.3 Å². The number of nitrogens with one attached hydrogen (secondary N) is 1. The minimum absolute atomic E-state index is 0.222. The quantitative estimate of drug-likeness (QED) is 0.588. The Bertz CT molecular complexity index is 945. The Balaban J connectivity index is 2.50. The molecule has 0 aromatic heterocycles. The highest BCUT2D eigenvalue weighted by Gasteiger charge is 2.31. The summed E-state index contributed by atoms with van der Waals surface area (Å²) in [5.41, 5.74) is -0.713. The van der Waals surface area contributed by atoms with E-state index in [1.54, 1.807) is 30.3 Å². The van der Waals surface area contributed by atoms with Crippen LogP contribution in [0, 0.1) is 16.0 Å². The van der Waals surface area contributed by atoms with Gasteiger partial charge in [0.25, 0.3) is 10.0 Å². The molecule has 0 spiro atoms. The Kier molecular flexibility index (Phi) is 5.83. The first-order valence-corrected chi connectivity index (χ1v) is 9.26. The second-order valence-corrected chi connectivity index (χ2v) is 7.55. The van der Waals surface area contributed by atoms with Gasteiger partial charge in [-0.1, -0.05) is 43.6 Å². The van der Waals surface area contributed by atoms with E-state index in [0.717, 1.165) is 12.1 Å². The summed E-state index contributed by atoms with van der Waals surface area (Å²) in [5, 5.41) is 10.8. The van der Waals surface area contributed by atoms with Crippen LogP contribution in [0.1, 0.15) is 13.8 Å². The minimum atomic E-state index is -4.37. The van der Waals surface area contributed by atoms with Crippen molar-refractivity contribution in [3.05, 3.63) is 57.6 Å². The maximum Gasteiger partial charge on any atom is 0.331 e. The monoisotopic (exact) mass is 398 g/mol. The van der Waals surface area contributed by atoms with Crippen LogP contribution in [0.15, 0.2) is 47.4 Å². The van der Waals surface area contributed by atoms with E-state index in [4.69, 9.17) is 16.3 Å². The van der Waals surface area contributed by atoms with Crippen LogP contribution < -0.4 is 9.46 Å². The molecule has 0 atom stereocenters. The highest BCUT2D eigenvalue weighted by atomic mass is 35.5. The van der Waals surface area contributed by atoms with Crippen LogP contribution >= 0.6 is 11.6 Å². The third-order valence-corrected chi connectivity index (χ3v) is 5.13. The number of amides is 1. The van der Waals surface area contributed by atoms with Crippen molar-refractivity contribution in [2.24, 2.45) is 5.92 Å². The van der Waals surface area contributed by atoms with Crippen LogP contribution in [-0.4, -0.2) is 19.2 Å². The molecule has 0 fully saturated rings. The minimum Gasteiger partial charge on any atom is -0.450 e. The van der Waals surface area contributed by atoms with Gasteiger partial charge in [0.1, 0.15) is 15.7 Å². The molecule has 138 valence electrons. The van der Waals surface area contributed by atoms with Gasteiger partial charge in [0.15, 0.2) is 0 Å². The second-order valence-electron chi connectivity index (χ2n) is 5.52. The van der Waals surface area contributed by atoms with E-state index in [-0.39, 0.29) is 5.75 Å². The van der Waals surface area contributed by atoms with Gasteiger partial charge >= 0.3 is 5.69 Å². The molecule has 2 aromatic carbocycles. The van der Waals surface area contributed by atoms with Crippen LogP contribution in [-0.2, 0) is 14.8 Å². The molecular formula is C16H15ClN2O6S. The van der Waals surface area contributed by atoms with Crippen molar-refractivity contribution in [2.45, 2.75) is 18.7 Å². The Hall–Kier alpha value is -2.65. The molecule has 1 amide bonds. The molecule has 2 aromatic rings. The third kappa shape index (κ3) is 4.30. The smallest absolute Gasteiger partial charge is 0.331 e. The van der Waals surface area contributed by atoms with Crippen LogP contribution in [0.4, 0.5) is 5.69 Å². The Morgan fingerprint density at radius 3 is 2.35 bits per heavy atom. The molecule has 10 heteroatoms. The molecule has 0 saturated carbocycles. The van der Waals surface area contributed by atoms with Crippen molar-refractivity contribution in [1.82, 2.24) is 4.72 Å². The van der Waals surface area contributed by atoms with E-state index >= 15 is 0 Å². The highest BCUT2D eigenvalue weighted by Crippen LogP contribution is 2.40. The number of halogens is 1. The number of benzene rings is 2. The fourth-order valence-electron chi connectivity index (χ4n) is 1.91. The largest absolute Gasteiger partial charge is 0.450 e. The predicted molar refractivity (Wildman–Crippen MR) is 94.8 cm³/mol. The summed E-state index contributed by atoms with van der Waals surface area (Å²) in [6.45, 7) is 3.01. The average Bonchev–Trinajstić information content (AvgIpc) is 2.54. The topological polar surface area (TPSA) is 116 Å². The fraction of sp³-hybridized carbons (Fsp3) is 0.188. The van der Waals surface area contributed by atoms with Crippen molar-refractivity contribution in [3.8, 4) is 11.5 Å². The summed E-state index contributed by atoms with van der Waals surface area (Å²) in [6, 6.07) is 10.4. The summed E-state index contributed by atoms with van der Waals surface area (Å²) in [5.74, 6) is -1.26. The first-order valence-electron chi connectivity index (χ1n) is 7.40. The summed E-state index contributed by atoms with van der Waals surface area (Å²) >= 11 is 5.97. The molecular weight excluding hydrogens is 384 g/mol. The molecule has 0 radical (unpaired) electrons. The van der Waals surface area contributed by atoms with Gasteiger partial charge in [-0.15, -0.1) is 0 Å². The zero-order valence-electron chi connectivity index (χ0n) is 13.8. The molecule has 0 aliphatic carbocycles. The van der Waals surface area contributed by atoms with Gasteiger partial charge in [-0.2, -0.15) is 0 Å². The van der Waals surface area contributed by atoms with Gasteiger partial charge < -0.3 is 4.74 Å². The molecule has 8 nitrogen and oxygen atoms in total.